The Hall–Kier alpha value is -2.93. The van der Waals surface area contributed by atoms with Crippen LogP contribution in [0.2, 0.25) is 0 Å². The number of aromatic nitrogens is 4. The van der Waals surface area contributed by atoms with Gasteiger partial charge in [0.25, 0.3) is 5.19 Å². The molecule has 0 bridgehead atoms. The molecule has 0 aliphatic rings. The summed E-state index contributed by atoms with van der Waals surface area (Å²) in [6, 6.07) is 11.3. The Labute approximate surface area is 142 Å². The lowest BCUT2D eigenvalue weighted by molar-refractivity contribution is 0.339. The van der Waals surface area contributed by atoms with E-state index in [9.17, 15) is 0 Å². The van der Waals surface area contributed by atoms with E-state index in [1.54, 1.807) is 16.9 Å². The molecule has 4 aromatic rings. The Morgan fingerprint density at radius 3 is 2.67 bits per heavy atom. The molecule has 1 aromatic carbocycles. The highest BCUT2D eigenvalue weighted by molar-refractivity contribution is 7.18. The molecule has 0 saturated carbocycles. The Kier molecular flexibility index (Phi) is 3.84. The Bertz CT molecular complexity index is 916. The van der Waals surface area contributed by atoms with Crippen LogP contribution in [0.4, 0.5) is 0 Å². The molecule has 0 amide bonds. The quantitative estimate of drug-likeness (QED) is 0.549. The molecular formula is C17H14N4O2S. The van der Waals surface area contributed by atoms with Crippen molar-refractivity contribution in [1.29, 1.82) is 0 Å². The Morgan fingerprint density at radius 1 is 1.12 bits per heavy atom. The third-order valence-corrected chi connectivity index (χ3v) is 4.12. The van der Waals surface area contributed by atoms with Gasteiger partial charge < -0.3 is 9.47 Å². The van der Waals surface area contributed by atoms with Gasteiger partial charge in [-0.05, 0) is 54.7 Å². The molecule has 0 spiro atoms. The lowest BCUT2D eigenvalue weighted by Crippen LogP contribution is -1.91. The van der Waals surface area contributed by atoms with Crippen LogP contribution in [0.5, 0.6) is 16.7 Å². The minimum absolute atomic E-state index is 0.541. The van der Waals surface area contributed by atoms with Crippen molar-refractivity contribution in [2.75, 3.05) is 6.61 Å². The van der Waals surface area contributed by atoms with Crippen LogP contribution in [-0.2, 0) is 0 Å². The summed E-state index contributed by atoms with van der Waals surface area (Å²) in [5, 5.41) is 4.95. The van der Waals surface area contributed by atoms with Gasteiger partial charge in [-0.15, -0.1) is 5.10 Å². The average molecular weight is 338 g/mol. The first-order valence-electron chi connectivity index (χ1n) is 7.49. The first kappa shape index (κ1) is 14.6. The van der Waals surface area contributed by atoms with Gasteiger partial charge >= 0.3 is 0 Å². The molecule has 0 N–H and O–H groups in total. The molecule has 3 aromatic heterocycles. The number of ether oxygens (including phenoxy) is 2. The fourth-order valence-corrected chi connectivity index (χ4v) is 3.00. The average Bonchev–Trinajstić information content (AvgIpc) is 3.16. The van der Waals surface area contributed by atoms with Crippen molar-refractivity contribution in [3.8, 4) is 28.0 Å². The lowest BCUT2D eigenvalue weighted by Gasteiger charge is -2.04. The van der Waals surface area contributed by atoms with E-state index in [0.29, 0.717) is 17.6 Å². The molecule has 120 valence electrons. The molecule has 24 heavy (non-hydrogen) atoms. The molecule has 0 radical (unpaired) electrons. The highest BCUT2D eigenvalue weighted by Gasteiger charge is 2.11. The van der Waals surface area contributed by atoms with Crippen LogP contribution in [0, 0.1) is 0 Å². The fourth-order valence-electron chi connectivity index (χ4n) is 2.25. The third-order valence-electron chi connectivity index (χ3n) is 3.32. The first-order chi connectivity index (χ1) is 11.8. The van der Waals surface area contributed by atoms with E-state index in [-0.39, 0.29) is 0 Å². The zero-order valence-corrected chi connectivity index (χ0v) is 13.7. The van der Waals surface area contributed by atoms with Gasteiger partial charge in [-0.3, -0.25) is 4.98 Å². The number of benzene rings is 1. The number of nitrogens with zero attached hydrogens (tertiary/aromatic N) is 4. The molecule has 0 atom stereocenters. The van der Waals surface area contributed by atoms with E-state index in [1.807, 2.05) is 49.5 Å². The van der Waals surface area contributed by atoms with Gasteiger partial charge in [0.2, 0.25) is 4.96 Å². The lowest BCUT2D eigenvalue weighted by atomic mass is 10.2. The van der Waals surface area contributed by atoms with E-state index in [2.05, 4.69) is 15.1 Å². The number of rotatable bonds is 5. The van der Waals surface area contributed by atoms with E-state index in [4.69, 9.17) is 9.47 Å². The van der Waals surface area contributed by atoms with Gasteiger partial charge in [-0.1, -0.05) is 0 Å². The summed E-state index contributed by atoms with van der Waals surface area (Å²) >= 11 is 1.39. The number of fused-ring (bicyclic) bond motifs is 1. The van der Waals surface area contributed by atoms with E-state index in [0.717, 1.165) is 22.0 Å². The largest absolute Gasteiger partial charge is 0.494 e. The predicted molar refractivity (Wildman–Crippen MR) is 91.8 cm³/mol. The smallest absolute Gasteiger partial charge is 0.299 e. The maximum atomic E-state index is 5.78. The highest BCUT2D eigenvalue weighted by Crippen LogP contribution is 2.29. The van der Waals surface area contributed by atoms with E-state index in [1.165, 1.54) is 11.3 Å². The van der Waals surface area contributed by atoms with Gasteiger partial charge in [0, 0.05) is 18.0 Å². The predicted octanol–water partition coefficient (Wildman–Crippen LogP) is 4.04. The summed E-state index contributed by atoms with van der Waals surface area (Å²) in [7, 11) is 0. The molecule has 7 heteroatoms. The second-order valence-electron chi connectivity index (χ2n) is 4.97. The Morgan fingerprint density at radius 2 is 1.96 bits per heavy atom. The second-order valence-corrected chi connectivity index (χ2v) is 5.89. The zero-order chi connectivity index (χ0) is 16.4. The molecule has 0 fully saturated rings. The molecule has 0 unspecified atom stereocenters. The molecular weight excluding hydrogens is 324 g/mol. The molecule has 0 aliphatic carbocycles. The second kappa shape index (κ2) is 6.29. The van der Waals surface area contributed by atoms with Crippen molar-refractivity contribution in [2.45, 2.75) is 6.92 Å². The molecule has 6 nitrogen and oxygen atoms in total. The van der Waals surface area contributed by atoms with E-state index < -0.39 is 0 Å². The van der Waals surface area contributed by atoms with Crippen LogP contribution >= 0.6 is 11.3 Å². The summed E-state index contributed by atoms with van der Waals surface area (Å²) < 4.78 is 12.9. The highest BCUT2D eigenvalue weighted by atomic mass is 32.1. The number of hydrogen-bond acceptors (Lipinski definition) is 6. The van der Waals surface area contributed by atoms with Crippen molar-refractivity contribution in [2.24, 2.45) is 0 Å². The minimum atomic E-state index is 0.541. The topological polar surface area (TPSA) is 61.5 Å². The zero-order valence-electron chi connectivity index (χ0n) is 12.9. The van der Waals surface area contributed by atoms with Gasteiger partial charge in [0.05, 0.1) is 18.5 Å². The van der Waals surface area contributed by atoms with Crippen LogP contribution in [0.15, 0.2) is 55.0 Å². The van der Waals surface area contributed by atoms with Crippen LogP contribution in [-0.4, -0.2) is 26.2 Å². The van der Waals surface area contributed by atoms with Crippen molar-refractivity contribution in [3.63, 3.8) is 0 Å². The van der Waals surface area contributed by atoms with Crippen molar-refractivity contribution in [1.82, 2.24) is 19.6 Å². The number of imidazole rings is 1. The molecule has 0 saturated heterocycles. The fraction of sp³-hybridized carbons (Fsp3) is 0.118. The standard InChI is InChI=1S/C17H14N4O2S/c1-2-22-13-5-7-14(8-6-13)23-17-20-21-11-15(19-16(21)24-17)12-4-3-9-18-10-12/h3-11H,2H2,1H3. The summed E-state index contributed by atoms with van der Waals surface area (Å²) in [6.07, 6.45) is 5.39. The summed E-state index contributed by atoms with van der Waals surface area (Å²) in [6.45, 7) is 2.60. The number of hydrogen-bond donors (Lipinski definition) is 0. The normalized spacial score (nSPS) is 10.9. The first-order valence-corrected chi connectivity index (χ1v) is 8.31. The molecule has 4 rings (SSSR count). The monoisotopic (exact) mass is 338 g/mol. The van der Waals surface area contributed by atoms with Crippen LogP contribution in [0.3, 0.4) is 0 Å². The molecule has 0 aliphatic heterocycles. The Balaban J connectivity index is 1.54. The number of pyridine rings is 1. The van der Waals surface area contributed by atoms with E-state index >= 15 is 0 Å². The van der Waals surface area contributed by atoms with Crippen molar-refractivity contribution >= 4 is 16.3 Å². The van der Waals surface area contributed by atoms with Crippen molar-refractivity contribution < 1.29 is 9.47 Å². The van der Waals surface area contributed by atoms with Crippen molar-refractivity contribution in [3.05, 3.63) is 55.0 Å². The van der Waals surface area contributed by atoms with Crippen LogP contribution < -0.4 is 9.47 Å². The molecule has 3 heterocycles. The minimum Gasteiger partial charge on any atom is -0.494 e. The van der Waals surface area contributed by atoms with Crippen LogP contribution in [0.25, 0.3) is 16.2 Å². The van der Waals surface area contributed by atoms with Gasteiger partial charge in [-0.2, -0.15) is 0 Å². The van der Waals surface area contributed by atoms with Gasteiger partial charge in [0.1, 0.15) is 11.5 Å². The van der Waals surface area contributed by atoms with Crippen LogP contribution in [0.1, 0.15) is 6.92 Å². The summed E-state index contributed by atoms with van der Waals surface area (Å²) in [5.41, 5.74) is 1.80. The summed E-state index contributed by atoms with van der Waals surface area (Å²) in [4.78, 5) is 9.44. The van der Waals surface area contributed by atoms with Gasteiger partial charge in [-0.25, -0.2) is 9.50 Å². The van der Waals surface area contributed by atoms with Gasteiger partial charge in [0.15, 0.2) is 0 Å². The SMILES string of the molecule is CCOc1ccc(Oc2nn3cc(-c4cccnc4)nc3s2)cc1. The third kappa shape index (κ3) is 2.93. The summed E-state index contributed by atoms with van der Waals surface area (Å²) in [5.74, 6) is 1.53. The maximum absolute atomic E-state index is 5.78. The maximum Gasteiger partial charge on any atom is 0.299 e.